The van der Waals surface area contributed by atoms with Crippen LogP contribution in [0.1, 0.15) is 55.4 Å². The summed E-state index contributed by atoms with van der Waals surface area (Å²) in [4.78, 5) is 26.2. The van der Waals surface area contributed by atoms with Crippen LogP contribution in [-0.4, -0.2) is 37.7 Å². The smallest absolute Gasteiger partial charge is 0.341 e. The molecule has 2 N–H and O–H groups in total. The molecule has 3 rings (SSSR count). The number of hydrogen-bond acceptors (Lipinski definition) is 7. The average molecular weight is 447 g/mol. The van der Waals surface area contributed by atoms with E-state index < -0.39 is 5.97 Å². The number of thiophene rings is 1. The summed E-state index contributed by atoms with van der Waals surface area (Å²) >= 11 is 1.40. The summed E-state index contributed by atoms with van der Waals surface area (Å²) in [5.41, 5.74) is 0.818. The van der Waals surface area contributed by atoms with Crippen molar-refractivity contribution in [2.75, 3.05) is 25.6 Å². The molecule has 0 saturated heterocycles. The Kier molecular flexibility index (Phi) is 6.62. The fourth-order valence-electron chi connectivity index (χ4n) is 4.04. The molecule has 1 aliphatic heterocycles. The van der Waals surface area contributed by atoms with E-state index in [9.17, 15) is 9.59 Å². The fraction of sp³-hybridized carbons (Fsp3) is 0.478. The minimum atomic E-state index is -0.450. The maximum absolute atomic E-state index is 12.6. The Bertz CT molecular complexity index is 963. The highest BCUT2D eigenvalue weighted by Crippen LogP contribution is 2.45. The first kappa shape index (κ1) is 23.1. The molecule has 2 aromatic rings. The quantitative estimate of drug-likeness (QED) is 0.623. The van der Waals surface area contributed by atoms with Crippen molar-refractivity contribution in [3.05, 3.63) is 40.3 Å². The lowest BCUT2D eigenvalue weighted by atomic mass is 9.81. The molecule has 2 heterocycles. The van der Waals surface area contributed by atoms with Gasteiger partial charge in [0, 0.05) is 16.0 Å². The number of rotatable bonds is 7. The van der Waals surface area contributed by atoms with Gasteiger partial charge < -0.3 is 24.8 Å². The first-order chi connectivity index (χ1) is 14.6. The molecule has 7 nitrogen and oxygen atoms in total. The topological polar surface area (TPSA) is 85.9 Å². The Morgan fingerprint density at radius 1 is 1.10 bits per heavy atom. The van der Waals surface area contributed by atoms with Crippen LogP contribution >= 0.6 is 11.3 Å². The zero-order chi connectivity index (χ0) is 22.8. The van der Waals surface area contributed by atoms with E-state index in [1.807, 2.05) is 6.92 Å². The molecule has 0 bridgehead atoms. The van der Waals surface area contributed by atoms with Crippen molar-refractivity contribution in [1.29, 1.82) is 0 Å². The Balaban J connectivity index is 1.78. The van der Waals surface area contributed by atoms with Crippen molar-refractivity contribution in [2.45, 2.75) is 52.1 Å². The largest absolute Gasteiger partial charge is 0.494 e. The molecule has 0 aliphatic carbocycles. The highest BCUT2D eigenvalue weighted by atomic mass is 32.1. The van der Waals surface area contributed by atoms with Crippen molar-refractivity contribution >= 4 is 28.2 Å². The number of carbonyl (C=O) groups excluding carboxylic acids is 2. The molecule has 0 saturated carbocycles. The van der Waals surface area contributed by atoms with Crippen molar-refractivity contribution in [1.82, 2.24) is 5.32 Å². The van der Waals surface area contributed by atoms with Gasteiger partial charge in [0.15, 0.2) is 6.61 Å². The number of hydrogen-bond donors (Lipinski definition) is 2. The van der Waals surface area contributed by atoms with Crippen LogP contribution in [0.3, 0.4) is 0 Å². The zero-order valence-electron chi connectivity index (χ0n) is 18.9. The lowest BCUT2D eigenvalue weighted by molar-refractivity contribution is -0.118. The molecule has 1 amide bonds. The second-order valence-electron chi connectivity index (χ2n) is 8.66. The van der Waals surface area contributed by atoms with Gasteiger partial charge in [0.1, 0.15) is 16.5 Å². The standard InChI is InChI=1S/C23H30N2O5S/c1-7-29-14-8-10-15(11-9-14)30-13-17(26)24-20-18(21(27)28-6)16-12-22(2,3)25-23(4,5)19(16)31-20/h8-11,25H,7,12-13H2,1-6H3,(H,24,26). The SMILES string of the molecule is CCOc1ccc(OCC(=O)Nc2sc3c(c2C(=O)OC)CC(C)(C)NC3(C)C)cc1. The third kappa shape index (κ3) is 5.19. The number of fused-ring (bicyclic) bond motifs is 1. The van der Waals surface area contributed by atoms with Crippen LogP contribution in [0.25, 0.3) is 0 Å². The molecule has 168 valence electrons. The van der Waals surface area contributed by atoms with Crippen molar-refractivity contribution in [2.24, 2.45) is 0 Å². The first-order valence-electron chi connectivity index (χ1n) is 10.3. The van der Waals surface area contributed by atoms with E-state index in [-0.39, 0.29) is 23.6 Å². The Morgan fingerprint density at radius 3 is 2.29 bits per heavy atom. The van der Waals surface area contributed by atoms with Gasteiger partial charge in [-0.3, -0.25) is 4.79 Å². The zero-order valence-corrected chi connectivity index (χ0v) is 19.7. The lowest BCUT2D eigenvalue weighted by Gasteiger charge is -2.42. The number of esters is 1. The maximum atomic E-state index is 12.6. The van der Waals surface area contributed by atoms with Crippen LogP contribution in [0, 0.1) is 0 Å². The van der Waals surface area contributed by atoms with Gasteiger partial charge in [-0.15, -0.1) is 11.3 Å². The molecular formula is C23H30N2O5S. The predicted octanol–water partition coefficient (Wildman–Crippen LogP) is 4.11. The Hall–Kier alpha value is -2.58. The summed E-state index contributed by atoms with van der Waals surface area (Å²) in [6.07, 6.45) is 0.658. The van der Waals surface area contributed by atoms with E-state index in [1.54, 1.807) is 24.3 Å². The number of amides is 1. The molecule has 0 fully saturated rings. The lowest BCUT2D eigenvalue weighted by Crippen LogP contribution is -2.55. The second kappa shape index (κ2) is 8.88. The summed E-state index contributed by atoms with van der Waals surface area (Å²) in [5.74, 6) is 0.506. The molecule has 0 atom stereocenters. The normalized spacial score (nSPS) is 16.2. The Labute approximate surface area is 187 Å². The number of methoxy groups -OCH3 is 1. The molecule has 0 unspecified atom stereocenters. The molecule has 0 radical (unpaired) electrons. The van der Waals surface area contributed by atoms with Gasteiger partial charge in [0.05, 0.1) is 19.3 Å². The number of carbonyl (C=O) groups is 2. The van der Waals surface area contributed by atoms with Gasteiger partial charge in [-0.1, -0.05) is 0 Å². The summed E-state index contributed by atoms with van der Waals surface area (Å²) < 4.78 is 16.0. The molecule has 31 heavy (non-hydrogen) atoms. The van der Waals surface area contributed by atoms with Crippen molar-refractivity contribution in [3.8, 4) is 11.5 Å². The highest BCUT2D eigenvalue weighted by molar-refractivity contribution is 7.17. The van der Waals surface area contributed by atoms with Gasteiger partial charge in [-0.05, 0) is 70.9 Å². The van der Waals surface area contributed by atoms with Crippen molar-refractivity contribution < 1.29 is 23.8 Å². The van der Waals surface area contributed by atoms with Crippen LogP contribution in [0.2, 0.25) is 0 Å². The minimum absolute atomic E-state index is 0.176. The monoisotopic (exact) mass is 446 g/mol. The van der Waals surface area contributed by atoms with E-state index >= 15 is 0 Å². The average Bonchev–Trinajstić information content (AvgIpc) is 3.04. The van der Waals surface area contributed by atoms with E-state index in [4.69, 9.17) is 14.2 Å². The summed E-state index contributed by atoms with van der Waals surface area (Å²) in [5, 5.41) is 6.95. The number of ether oxygens (including phenoxy) is 3. The van der Waals surface area contributed by atoms with Gasteiger partial charge in [-0.2, -0.15) is 0 Å². The number of benzene rings is 1. The summed E-state index contributed by atoms with van der Waals surface area (Å²) in [6, 6.07) is 7.07. The van der Waals surface area contributed by atoms with E-state index in [0.29, 0.717) is 29.3 Å². The predicted molar refractivity (Wildman–Crippen MR) is 121 cm³/mol. The number of nitrogens with one attached hydrogen (secondary N) is 2. The van der Waals surface area contributed by atoms with Crippen LogP contribution in [0.4, 0.5) is 5.00 Å². The molecule has 8 heteroatoms. The highest BCUT2D eigenvalue weighted by Gasteiger charge is 2.42. The van der Waals surface area contributed by atoms with Gasteiger partial charge in [0.25, 0.3) is 5.91 Å². The van der Waals surface area contributed by atoms with Crippen LogP contribution < -0.4 is 20.1 Å². The Morgan fingerprint density at radius 2 is 1.71 bits per heavy atom. The minimum Gasteiger partial charge on any atom is -0.494 e. The van der Waals surface area contributed by atoms with E-state index in [0.717, 1.165) is 16.2 Å². The van der Waals surface area contributed by atoms with Crippen LogP contribution in [-0.2, 0) is 21.5 Å². The van der Waals surface area contributed by atoms with Gasteiger partial charge >= 0.3 is 5.97 Å². The molecular weight excluding hydrogens is 416 g/mol. The summed E-state index contributed by atoms with van der Waals surface area (Å²) in [7, 11) is 1.35. The summed E-state index contributed by atoms with van der Waals surface area (Å²) in [6.45, 7) is 10.7. The van der Waals surface area contributed by atoms with Crippen LogP contribution in [0.15, 0.2) is 24.3 Å². The molecule has 0 spiro atoms. The maximum Gasteiger partial charge on any atom is 0.341 e. The van der Waals surface area contributed by atoms with Crippen molar-refractivity contribution in [3.63, 3.8) is 0 Å². The van der Waals surface area contributed by atoms with Gasteiger partial charge in [-0.25, -0.2) is 4.79 Å². The molecule has 1 aromatic heterocycles. The van der Waals surface area contributed by atoms with E-state index in [1.165, 1.54) is 18.4 Å². The third-order valence-electron chi connectivity index (χ3n) is 4.99. The first-order valence-corrected chi connectivity index (χ1v) is 11.1. The number of anilines is 1. The third-order valence-corrected chi connectivity index (χ3v) is 6.46. The molecule has 1 aliphatic rings. The van der Waals surface area contributed by atoms with Gasteiger partial charge in [0.2, 0.25) is 0 Å². The second-order valence-corrected chi connectivity index (χ2v) is 9.68. The van der Waals surface area contributed by atoms with E-state index in [2.05, 4.69) is 38.3 Å². The van der Waals surface area contributed by atoms with Crippen LogP contribution in [0.5, 0.6) is 11.5 Å². The molecule has 1 aromatic carbocycles. The fourth-order valence-corrected chi connectivity index (χ4v) is 5.33.